The van der Waals surface area contributed by atoms with E-state index in [-0.39, 0.29) is 11.5 Å². The number of hydrogen-bond acceptors (Lipinski definition) is 4. The molecule has 0 atom stereocenters. The number of aromatic nitrogens is 2. The molecule has 0 amide bonds. The highest BCUT2D eigenvalue weighted by molar-refractivity contribution is 9.10. The minimum atomic E-state index is -0.285. The van der Waals surface area contributed by atoms with Crippen LogP contribution in [0, 0.1) is 0 Å². The second kappa shape index (κ2) is 4.36. The zero-order valence-electron chi connectivity index (χ0n) is 8.20. The fraction of sp³-hybridized carbons (Fsp3) is 0. The minimum absolute atomic E-state index is 0.0899. The quantitative estimate of drug-likeness (QED) is 0.784. The third-order valence-electron chi connectivity index (χ3n) is 1.88. The molecule has 0 bridgehead atoms. The molecule has 2 aromatic rings. The van der Waals surface area contributed by atoms with Crippen molar-refractivity contribution in [3.8, 4) is 0 Å². The molecule has 0 radical (unpaired) electrons. The van der Waals surface area contributed by atoms with E-state index in [4.69, 9.17) is 5.73 Å². The van der Waals surface area contributed by atoms with Crippen molar-refractivity contribution in [2.24, 2.45) is 0 Å². The largest absolute Gasteiger partial charge is 0.369 e. The molecule has 5 nitrogen and oxygen atoms in total. The lowest BCUT2D eigenvalue weighted by Gasteiger charge is -2.05. The molecule has 0 aliphatic rings. The Morgan fingerprint density at radius 3 is 2.62 bits per heavy atom. The summed E-state index contributed by atoms with van der Waals surface area (Å²) in [7, 11) is 0. The zero-order valence-corrected chi connectivity index (χ0v) is 9.78. The van der Waals surface area contributed by atoms with E-state index in [1.165, 1.54) is 6.07 Å². The maximum absolute atomic E-state index is 11.1. The van der Waals surface area contributed by atoms with Crippen LogP contribution < -0.4 is 16.6 Å². The van der Waals surface area contributed by atoms with Gasteiger partial charge >= 0.3 is 0 Å². The number of hydrogen-bond donors (Lipinski definition) is 3. The van der Waals surface area contributed by atoms with Crippen LogP contribution in [0.25, 0.3) is 0 Å². The predicted octanol–water partition coefficient (Wildman–Crippen LogP) is 1.86. The van der Waals surface area contributed by atoms with Crippen LogP contribution in [-0.4, -0.2) is 9.97 Å². The van der Waals surface area contributed by atoms with E-state index in [1.807, 2.05) is 24.3 Å². The monoisotopic (exact) mass is 280 g/mol. The van der Waals surface area contributed by atoms with E-state index in [0.29, 0.717) is 5.82 Å². The van der Waals surface area contributed by atoms with Gasteiger partial charge in [-0.05, 0) is 24.3 Å². The number of anilines is 3. The fourth-order valence-electron chi connectivity index (χ4n) is 1.22. The number of nitrogens with zero attached hydrogens (tertiary/aromatic N) is 1. The van der Waals surface area contributed by atoms with Gasteiger partial charge in [-0.15, -0.1) is 0 Å². The maximum Gasteiger partial charge on any atom is 0.254 e. The summed E-state index contributed by atoms with van der Waals surface area (Å²) in [5.41, 5.74) is 5.97. The van der Waals surface area contributed by atoms with Gasteiger partial charge in [0.1, 0.15) is 5.82 Å². The van der Waals surface area contributed by atoms with Gasteiger partial charge < -0.3 is 11.1 Å². The number of nitrogens with one attached hydrogen (secondary N) is 2. The summed E-state index contributed by atoms with van der Waals surface area (Å²) in [5.74, 6) is 0.510. The predicted molar refractivity (Wildman–Crippen MR) is 66.7 cm³/mol. The number of H-pyrrole nitrogens is 1. The molecule has 1 aromatic heterocycles. The summed E-state index contributed by atoms with van der Waals surface area (Å²) in [5, 5.41) is 2.98. The van der Waals surface area contributed by atoms with Gasteiger partial charge in [-0.3, -0.25) is 9.78 Å². The number of aromatic amines is 1. The van der Waals surface area contributed by atoms with Crippen molar-refractivity contribution in [1.29, 1.82) is 0 Å². The molecule has 0 saturated heterocycles. The van der Waals surface area contributed by atoms with Crippen LogP contribution in [0.5, 0.6) is 0 Å². The van der Waals surface area contributed by atoms with Gasteiger partial charge in [0.2, 0.25) is 5.95 Å². The van der Waals surface area contributed by atoms with Crippen molar-refractivity contribution in [1.82, 2.24) is 9.97 Å². The van der Waals surface area contributed by atoms with Crippen molar-refractivity contribution in [2.75, 3.05) is 11.1 Å². The molecule has 4 N–H and O–H groups in total. The maximum atomic E-state index is 11.1. The number of benzene rings is 1. The molecule has 0 saturated carbocycles. The summed E-state index contributed by atoms with van der Waals surface area (Å²) in [6, 6.07) is 8.85. The summed E-state index contributed by atoms with van der Waals surface area (Å²) < 4.78 is 0.983. The first kappa shape index (κ1) is 10.7. The van der Waals surface area contributed by atoms with E-state index >= 15 is 0 Å². The summed E-state index contributed by atoms with van der Waals surface area (Å²) in [4.78, 5) is 17.5. The molecule has 0 unspecified atom stereocenters. The van der Waals surface area contributed by atoms with Crippen LogP contribution in [0.15, 0.2) is 39.6 Å². The number of rotatable bonds is 2. The standard InChI is InChI=1S/C10H9BrN4O/c11-6-1-3-7(4-2-6)13-8-5-9(16)15-10(12)14-8/h1-5H,(H4,12,13,14,15,16). The zero-order chi connectivity index (χ0) is 11.5. The highest BCUT2D eigenvalue weighted by atomic mass is 79.9. The lowest BCUT2D eigenvalue weighted by molar-refractivity contribution is 1.14. The van der Waals surface area contributed by atoms with E-state index in [9.17, 15) is 4.79 Å². The SMILES string of the molecule is Nc1nc(Nc2ccc(Br)cc2)cc(=O)[nH]1. The van der Waals surface area contributed by atoms with Gasteiger partial charge in [0, 0.05) is 16.2 Å². The molecular formula is C10H9BrN4O. The molecule has 2 rings (SSSR count). The lowest BCUT2D eigenvalue weighted by atomic mass is 10.3. The average Bonchev–Trinajstić information content (AvgIpc) is 2.20. The van der Waals surface area contributed by atoms with Gasteiger partial charge in [0.05, 0.1) is 0 Å². The Bertz CT molecular complexity index is 549. The number of halogens is 1. The molecule has 82 valence electrons. The van der Waals surface area contributed by atoms with Crippen molar-refractivity contribution in [3.63, 3.8) is 0 Å². The van der Waals surface area contributed by atoms with E-state index < -0.39 is 0 Å². The van der Waals surface area contributed by atoms with Gasteiger partial charge in [-0.25, -0.2) is 0 Å². The Morgan fingerprint density at radius 2 is 2.00 bits per heavy atom. The van der Waals surface area contributed by atoms with E-state index in [1.54, 1.807) is 0 Å². The van der Waals surface area contributed by atoms with Gasteiger partial charge in [-0.2, -0.15) is 4.98 Å². The highest BCUT2D eigenvalue weighted by Gasteiger charge is 1.99. The molecule has 6 heteroatoms. The van der Waals surface area contributed by atoms with Gasteiger partial charge in [0.15, 0.2) is 0 Å². The van der Waals surface area contributed by atoms with E-state index in [0.717, 1.165) is 10.2 Å². The molecule has 16 heavy (non-hydrogen) atoms. The van der Waals surface area contributed by atoms with Crippen molar-refractivity contribution >= 4 is 33.4 Å². The van der Waals surface area contributed by atoms with Crippen LogP contribution >= 0.6 is 15.9 Å². The third kappa shape index (κ3) is 2.60. The molecule has 1 heterocycles. The molecule has 0 spiro atoms. The normalized spacial score (nSPS) is 10.1. The van der Waals surface area contributed by atoms with Crippen molar-refractivity contribution in [2.45, 2.75) is 0 Å². The molecule has 1 aromatic carbocycles. The molecular weight excluding hydrogens is 272 g/mol. The van der Waals surface area contributed by atoms with Crippen LogP contribution in [-0.2, 0) is 0 Å². The fourth-order valence-corrected chi connectivity index (χ4v) is 1.49. The smallest absolute Gasteiger partial charge is 0.254 e. The Balaban J connectivity index is 2.26. The van der Waals surface area contributed by atoms with Crippen LogP contribution in [0.3, 0.4) is 0 Å². The minimum Gasteiger partial charge on any atom is -0.369 e. The van der Waals surface area contributed by atoms with Crippen LogP contribution in [0.1, 0.15) is 0 Å². The van der Waals surface area contributed by atoms with Gasteiger partial charge in [-0.1, -0.05) is 15.9 Å². The lowest BCUT2D eigenvalue weighted by Crippen LogP contribution is -2.11. The average molecular weight is 281 g/mol. The van der Waals surface area contributed by atoms with Crippen LogP contribution in [0.4, 0.5) is 17.5 Å². The first-order valence-electron chi connectivity index (χ1n) is 4.53. The molecule has 0 fully saturated rings. The second-order valence-electron chi connectivity index (χ2n) is 3.15. The number of nitrogens with two attached hydrogens (primary N) is 1. The van der Waals surface area contributed by atoms with Crippen LogP contribution in [0.2, 0.25) is 0 Å². The molecule has 0 aliphatic carbocycles. The summed E-state index contributed by atoms with van der Waals surface area (Å²) in [6.45, 7) is 0. The van der Waals surface area contributed by atoms with Gasteiger partial charge in [0.25, 0.3) is 5.56 Å². The van der Waals surface area contributed by atoms with E-state index in [2.05, 4.69) is 31.2 Å². The topological polar surface area (TPSA) is 83.8 Å². The first-order valence-corrected chi connectivity index (χ1v) is 5.32. The Labute approximate surface area is 99.8 Å². The summed E-state index contributed by atoms with van der Waals surface area (Å²) >= 11 is 3.34. The second-order valence-corrected chi connectivity index (χ2v) is 4.06. The first-order chi connectivity index (χ1) is 7.63. The van der Waals surface area contributed by atoms with Crippen molar-refractivity contribution < 1.29 is 0 Å². The Hall–Kier alpha value is -1.82. The summed E-state index contributed by atoms with van der Waals surface area (Å²) in [6.07, 6.45) is 0. The molecule has 0 aliphatic heterocycles. The highest BCUT2D eigenvalue weighted by Crippen LogP contribution is 2.17. The number of nitrogen functional groups attached to an aromatic ring is 1. The third-order valence-corrected chi connectivity index (χ3v) is 2.41. The van der Waals surface area contributed by atoms with Crippen molar-refractivity contribution in [3.05, 3.63) is 45.2 Å². The Kier molecular flexibility index (Phi) is 2.91. The Morgan fingerprint density at radius 1 is 1.31 bits per heavy atom.